The molecule has 0 saturated heterocycles. The fraction of sp³-hybridized carbons (Fsp3) is 0.0500. The summed E-state index contributed by atoms with van der Waals surface area (Å²) in [6.45, 7) is 0. The van der Waals surface area contributed by atoms with E-state index < -0.39 is 9.84 Å². The van der Waals surface area contributed by atoms with Crippen LogP contribution in [0.25, 0.3) is 0 Å². The van der Waals surface area contributed by atoms with Gasteiger partial charge in [0.15, 0.2) is 9.84 Å². The Kier molecular flexibility index (Phi) is 5.27. The molecule has 0 atom stereocenters. The molecule has 0 saturated carbocycles. The summed E-state index contributed by atoms with van der Waals surface area (Å²) in [6, 6.07) is 22.0. The number of hydrogen-bond acceptors (Lipinski definition) is 4. The smallest absolute Gasteiger partial charge is 0.182 e. The van der Waals surface area contributed by atoms with E-state index in [9.17, 15) is 13.7 Å². The maximum atomic E-state index is 12.5. The molecule has 0 unspecified atom stereocenters. The molecule has 0 heterocycles. The molecule has 3 aromatic carbocycles. The summed E-state index contributed by atoms with van der Waals surface area (Å²) in [4.78, 5) is 0.209. The average Bonchev–Trinajstić information content (AvgIpc) is 2.63. The Morgan fingerprint density at radius 1 is 0.923 bits per heavy atom. The molecule has 0 aromatic heterocycles. The van der Waals surface area contributed by atoms with Crippen LogP contribution in [0.3, 0.4) is 0 Å². The monoisotopic (exact) mass is 383 g/mol. The molecular weight excluding hydrogens is 370 g/mol. The standard InChI is InChI=1S/C20H14ClNO3S/c21-19-7-4-8-20(18(19)13-22)25-16-9-11-17(12-10-16)26(23,24)14-15-5-2-1-3-6-15/h1-12H,14H2. The lowest BCUT2D eigenvalue weighted by Gasteiger charge is -2.09. The largest absolute Gasteiger partial charge is 0.456 e. The van der Waals surface area contributed by atoms with E-state index in [0.29, 0.717) is 16.5 Å². The van der Waals surface area contributed by atoms with Crippen molar-refractivity contribution in [3.05, 3.63) is 88.9 Å². The lowest BCUT2D eigenvalue weighted by Crippen LogP contribution is -2.04. The third-order valence-corrected chi connectivity index (χ3v) is 5.72. The maximum Gasteiger partial charge on any atom is 0.182 e. The third-order valence-electron chi connectivity index (χ3n) is 3.70. The van der Waals surface area contributed by atoms with Crippen molar-refractivity contribution in [2.75, 3.05) is 0 Å². The van der Waals surface area contributed by atoms with Crippen molar-refractivity contribution in [2.24, 2.45) is 0 Å². The van der Waals surface area contributed by atoms with Crippen molar-refractivity contribution < 1.29 is 13.2 Å². The number of nitriles is 1. The van der Waals surface area contributed by atoms with Crippen molar-refractivity contribution >= 4 is 21.4 Å². The molecule has 3 aromatic rings. The van der Waals surface area contributed by atoms with E-state index in [1.54, 1.807) is 54.6 Å². The first-order valence-electron chi connectivity index (χ1n) is 7.73. The minimum atomic E-state index is -3.45. The van der Waals surface area contributed by atoms with Crippen LogP contribution in [0.4, 0.5) is 0 Å². The first kappa shape index (κ1) is 18.0. The number of rotatable bonds is 5. The SMILES string of the molecule is N#Cc1c(Cl)cccc1Oc1ccc(S(=O)(=O)Cc2ccccc2)cc1. The minimum Gasteiger partial charge on any atom is -0.456 e. The van der Waals surface area contributed by atoms with Crippen molar-refractivity contribution in [3.63, 3.8) is 0 Å². The number of halogens is 1. The Labute approximate surface area is 157 Å². The number of sulfone groups is 1. The van der Waals surface area contributed by atoms with Crippen molar-refractivity contribution in [2.45, 2.75) is 10.6 Å². The van der Waals surface area contributed by atoms with Crippen LogP contribution >= 0.6 is 11.6 Å². The summed E-state index contributed by atoms with van der Waals surface area (Å²) >= 11 is 5.98. The molecule has 0 fully saturated rings. The first-order valence-corrected chi connectivity index (χ1v) is 9.76. The predicted molar refractivity (Wildman–Crippen MR) is 100 cm³/mol. The van der Waals surface area contributed by atoms with E-state index in [2.05, 4.69) is 0 Å². The van der Waals surface area contributed by atoms with Gasteiger partial charge >= 0.3 is 0 Å². The summed E-state index contributed by atoms with van der Waals surface area (Å²) in [7, 11) is -3.45. The van der Waals surface area contributed by atoms with E-state index in [1.807, 2.05) is 12.1 Å². The number of hydrogen-bond donors (Lipinski definition) is 0. The van der Waals surface area contributed by atoms with Gasteiger partial charge in [0, 0.05) is 0 Å². The molecule has 0 aliphatic heterocycles. The molecule has 3 rings (SSSR count). The Balaban J connectivity index is 1.81. The molecule has 6 heteroatoms. The number of benzene rings is 3. The van der Waals surface area contributed by atoms with Gasteiger partial charge in [0.25, 0.3) is 0 Å². The second-order valence-electron chi connectivity index (χ2n) is 5.54. The van der Waals surface area contributed by atoms with Gasteiger partial charge in [0.05, 0.1) is 15.7 Å². The van der Waals surface area contributed by atoms with Gasteiger partial charge in [-0.25, -0.2) is 8.42 Å². The summed E-state index contributed by atoms with van der Waals surface area (Å²) in [5.74, 6) is 0.670. The Hall–Kier alpha value is -2.81. The van der Waals surface area contributed by atoms with Gasteiger partial charge in [-0.15, -0.1) is 0 Å². The summed E-state index contributed by atoms with van der Waals surface area (Å²) < 4.78 is 30.7. The van der Waals surface area contributed by atoms with Gasteiger partial charge in [0.1, 0.15) is 23.1 Å². The quantitative estimate of drug-likeness (QED) is 0.623. The van der Waals surface area contributed by atoms with Gasteiger partial charge in [-0.2, -0.15) is 5.26 Å². The van der Waals surface area contributed by atoms with Gasteiger partial charge in [-0.05, 0) is 42.0 Å². The molecule has 0 aliphatic carbocycles. The zero-order chi connectivity index (χ0) is 18.6. The normalized spacial score (nSPS) is 10.9. The molecule has 4 nitrogen and oxygen atoms in total. The van der Waals surface area contributed by atoms with Crippen molar-refractivity contribution in [3.8, 4) is 17.6 Å². The number of ether oxygens (including phenoxy) is 1. The van der Waals surface area contributed by atoms with Crippen molar-refractivity contribution in [1.29, 1.82) is 5.26 Å². The van der Waals surface area contributed by atoms with E-state index in [1.165, 1.54) is 12.1 Å². The fourth-order valence-electron chi connectivity index (χ4n) is 2.42. The zero-order valence-electron chi connectivity index (χ0n) is 13.6. The molecule has 0 amide bonds. The highest BCUT2D eigenvalue weighted by molar-refractivity contribution is 7.90. The predicted octanol–water partition coefficient (Wildman–Crippen LogP) is 4.98. The fourth-order valence-corrected chi connectivity index (χ4v) is 3.97. The van der Waals surface area contributed by atoms with Crippen LogP contribution < -0.4 is 4.74 Å². The molecule has 26 heavy (non-hydrogen) atoms. The highest BCUT2D eigenvalue weighted by Crippen LogP contribution is 2.30. The first-order chi connectivity index (χ1) is 12.5. The van der Waals surface area contributed by atoms with Crippen molar-refractivity contribution in [1.82, 2.24) is 0 Å². The van der Waals surface area contributed by atoms with Gasteiger partial charge < -0.3 is 4.74 Å². The Morgan fingerprint density at radius 3 is 2.27 bits per heavy atom. The van der Waals surface area contributed by atoms with E-state index in [4.69, 9.17) is 16.3 Å². The number of nitrogens with zero attached hydrogens (tertiary/aromatic N) is 1. The minimum absolute atomic E-state index is 0.0685. The maximum absolute atomic E-state index is 12.5. The molecule has 130 valence electrons. The lowest BCUT2D eigenvalue weighted by molar-refractivity contribution is 0.480. The molecule has 0 bridgehead atoms. The van der Waals surface area contributed by atoms with Crippen LogP contribution in [0.5, 0.6) is 11.5 Å². The van der Waals surface area contributed by atoms with Gasteiger partial charge in [-0.1, -0.05) is 48.0 Å². The zero-order valence-corrected chi connectivity index (χ0v) is 15.2. The van der Waals surface area contributed by atoms with Crippen LogP contribution in [-0.4, -0.2) is 8.42 Å². The highest BCUT2D eigenvalue weighted by atomic mass is 35.5. The molecular formula is C20H14ClNO3S. The second-order valence-corrected chi connectivity index (χ2v) is 7.94. The van der Waals surface area contributed by atoms with Gasteiger partial charge in [-0.3, -0.25) is 0 Å². The molecule has 0 aliphatic rings. The Bertz CT molecular complexity index is 1060. The van der Waals surface area contributed by atoms with Crippen LogP contribution in [0.1, 0.15) is 11.1 Å². The van der Waals surface area contributed by atoms with Crippen LogP contribution in [-0.2, 0) is 15.6 Å². The average molecular weight is 384 g/mol. The topological polar surface area (TPSA) is 67.2 Å². The van der Waals surface area contributed by atoms with E-state index in [0.717, 1.165) is 5.56 Å². The van der Waals surface area contributed by atoms with Crippen LogP contribution in [0.15, 0.2) is 77.7 Å². The van der Waals surface area contributed by atoms with Crippen LogP contribution in [0.2, 0.25) is 5.02 Å². The highest BCUT2D eigenvalue weighted by Gasteiger charge is 2.16. The summed E-state index contributed by atoms with van der Waals surface area (Å²) in [5, 5.41) is 9.47. The van der Waals surface area contributed by atoms with E-state index in [-0.39, 0.29) is 16.2 Å². The van der Waals surface area contributed by atoms with Crippen LogP contribution in [0, 0.1) is 11.3 Å². The second kappa shape index (κ2) is 7.61. The van der Waals surface area contributed by atoms with Gasteiger partial charge in [0.2, 0.25) is 0 Å². The molecule has 0 N–H and O–H groups in total. The van der Waals surface area contributed by atoms with E-state index >= 15 is 0 Å². The third kappa shape index (κ3) is 4.05. The summed E-state index contributed by atoms with van der Waals surface area (Å²) in [5.41, 5.74) is 0.959. The summed E-state index contributed by atoms with van der Waals surface area (Å²) in [6.07, 6.45) is 0. The molecule has 0 spiro atoms. The lowest BCUT2D eigenvalue weighted by atomic mass is 10.2. The molecule has 0 radical (unpaired) electrons. The Morgan fingerprint density at radius 2 is 1.62 bits per heavy atom.